The Morgan fingerprint density at radius 2 is 1.90 bits per heavy atom. The topological polar surface area (TPSA) is 76.7 Å². The van der Waals surface area contributed by atoms with Crippen LogP contribution in [0, 0.1) is 0 Å². The molecule has 6 nitrogen and oxygen atoms in total. The molecule has 1 aromatic rings. The Labute approximate surface area is 122 Å². The molecule has 0 atom stereocenters. The second-order valence-corrected chi connectivity index (χ2v) is 4.81. The Morgan fingerprint density at radius 1 is 1.20 bits per heavy atom. The normalized spacial score (nSPS) is 9.90. The van der Waals surface area contributed by atoms with Gasteiger partial charge in [-0.15, -0.1) is 11.8 Å². The molecule has 3 amide bonds. The molecular formula is C13H18N2O4S. The number of thioether (sulfide) groups is 1. The lowest BCUT2D eigenvalue weighted by Crippen LogP contribution is -2.41. The van der Waals surface area contributed by atoms with Gasteiger partial charge in [-0.3, -0.25) is 10.1 Å². The summed E-state index contributed by atoms with van der Waals surface area (Å²) in [7, 11) is 3.13. The largest absolute Gasteiger partial charge is 0.497 e. The molecule has 0 radical (unpaired) electrons. The SMILES string of the molecule is COCCNC(=O)NC(=O)CSc1ccc(OC)cc1. The molecule has 0 aromatic heterocycles. The number of rotatable bonds is 7. The lowest BCUT2D eigenvalue weighted by Gasteiger charge is -2.06. The first-order valence-electron chi connectivity index (χ1n) is 5.99. The van der Waals surface area contributed by atoms with E-state index >= 15 is 0 Å². The molecular weight excluding hydrogens is 280 g/mol. The Bertz CT molecular complexity index is 437. The van der Waals surface area contributed by atoms with Crippen LogP contribution in [-0.2, 0) is 9.53 Å². The summed E-state index contributed by atoms with van der Waals surface area (Å²) in [6, 6.07) is 6.84. The number of benzene rings is 1. The van der Waals surface area contributed by atoms with Gasteiger partial charge in [-0.05, 0) is 24.3 Å². The van der Waals surface area contributed by atoms with Crippen LogP contribution in [0.15, 0.2) is 29.2 Å². The summed E-state index contributed by atoms with van der Waals surface area (Å²) in [6.07, 6.45) is 0. The number of ether oxygens (including phenoxy) is 2. The highest BCUT2D eigenvalue weighted by atomic mass is 32.2. The second kappa shape index (κ2) is 9.22. The molecule has 0 unspecified atom stereocenters. The number of carbonyl (C=O) groups excluding carboxylic acids is 2. The van der Waals surface area contributed by atoms with E-state index in [1.165, 1.54) is 18.9 Å². The molecule has 0 spiro atoms. The number of amides is 3. The molecule has 7 heteroatoms. The molecule has 0 aliphatic rings. The maximum Gasteiger partial charge on any atom is 0.321 e. The van der Waals surface area contributed by atoms with Crippen molar-refractivity contribution in [3.05, 3.63) is 24.3 Å². The van der Waals surface area contributed by atoms with Crippen molar-refractivity contribution in [1.82, 2.24) is 10.6 Å². The van der Waals surface area contributed by atoms with Crippen molar-refractivity contribution in [2.24, 2.45) is 0 Å². The zero-order valence-corrected chi connectivity index (χ0v) is 12.3. The van der Waals surface area contributed by atoms with Crippen LogP contribution in [0.4, 0.5) is 4.79 Å². The van der Waals surface area contributed by atoms with Gasteiger partial charge in [0.2, 0.25) is 5.91 Å². The van der Waals surface area contributed by atoms with Crippen molar-refractivity contribution in [3.8, 4) is 5.75 Å². The summed E-state index contributed by atoms with van der Waals surface area (Å²) in [6.45, 7) is 0.767. The lowest BCUT2D eigenvalue weighted by atomic mass is 10.3. The number of methoxy groups -OCH3 is 2. The molecule has 1 rings (SSSR count). The molecule has 0 aliphatic heterocycles. The van der Waals surface area contributed by atoms with E-state index < -0.39 is 6.03 Å². The maximum atomic E-state index is 11.5. The van der Waals surface area contributed by atoms with Gasteiger partial charge in [0, 0.05) is 18.6 Å². The van der Waals surface area contributed by atoms with Crippen molar-refractivity contribution in [3.63, 3.8) is 0 Å². The van der Waals surface area contributed by atoms with Crippen LogP contribution in [0.5, 0.6) is 5.75 Å². The van der Waals surface area contributed by atoms with E-state index in [-0.39, 0.29) is 11.7 Å². The van der Waals surface area contributed by atoms with Crippen LogP contribution < -0.4 is 15.4 Å². The van der Waals surface area contributed by atoms with Gasteiger partial charge in [0.15, 0.2) is 0 Å². The van der Waals surface area contributed by atoms with Gasteiger partial charge in [0.1, 0.15) is 5.75 Å². The van der Waals surface area contributed by atoms with Gasteiger partial charge in [-0.25, -0.2) is 4.79 Å². The Kier molecular flexibility index (Phi) is 7.52. The van der Waals surface area contributed by atoms with E-state index in [2.05, 4.69) is 10.6 Å². The van der Waals surface area contributed by atoms with Crippen molar-refractivity contribution in [2.75, 3.05) is 33.1 Å². The van der Waals surface area contributed by atoms with E-state index in [1.807, 2.05) is 24.3 Å². The predicted octanol–water partition coefficient (Wildman–Crippen LogP) is 1.26. The Hall–Kier alpha value is -1.73. The fourth-order valence-corrected chi connectivity index (χ4v) is 1.99. The van der Waals surface area contributed by atoms with Crippen molar-refractivity contribution in [2.45, 2.75) is 4.90 Å². The molecule has 1 aromatic carbocycles. The van der Waals surface area contributed by atoms with Gasteiger partial charge in [0.05, 0.1) is 19.5 Å². The molecule has 20 heavy (non-hydrogen) atoms. The first kappa shape index (κ1) is 16.3. The van der Waals surface area contributed by atoms with Gasteiger partial charge in [-0.2, -0.15) is 0 Å². The first-order valence-corrected chi connectivity index (χ1v) is 6.97. The predicted molar refractivity (Wildman–Crippen MR) is 77.1 cm³/mol. The lowest BCUT2D eigenvalue weighted by molar-refractivity contribution is -0.117. The third-order valence-corrected chi connectivity index (χ3v) is 3.29. The molecule has 0 fully saturated rings. The van der Waals surface area contributed by atoms with Crippen LogP contribution in [0.2, 0.25) is 0 Å². The smallest absolute Gasteiger partial charge is 0.321 e. The van der Waals surface area contributed by atoms with Crippen LogP contribution in [-0.4, -0.2) is 45.1 Å². The summed E-state index contributed by atoms with van der Waals surface area (Å²) in [5, 5.41) is 4.75. The highest BCUT2D eigenvalue weighted by Crippen LogP contribution is 2.20. The molecule has 110 valence electrons. The van der Waals surface area contributed by atoms with Crippen LogP contribution in [0.1, 0.15) is 0 Å². The van der Waals surface area contributed by atoms with E-state index in [1.54, 1.807) is 7.11 Å². The summed E-state index contributed by atoms with van der Waals surface area (Å²) < 4.78 is 9.82. The summed E-state index contributed by atoms with van der Waals surface area (Å²) in [5.41, 5.74) is 0. The first-order chi connectivity index (χ1) is 9.65. The Morgan fingerprint density at radius 3 is 2.50 bits per heavy atom. The van der Waals surface area contributed by atoms with Crippen molar-refractivity contribution < 1.29 is 19.1 Å². The van der Waals surface area contributed by atoms with Crippen molar-refractivity contribution >= 4 is 23.7 Å². The summed E-state index contributed by atoms with van der Waals surface area (Å²) in [4.78, 5) is 23.8. The molecule has 0 heterocycles. The van der Waals surface area contributed by atoms with Crippen LogP contribution in [0.3, 0.4) is 0 Å². The van der Waals surface area contributed by atoms with Crippen LogP contribution >= 0.6 is 11.8 Å². The van der Waals surface area contributed by atoms with E-state index in [0.29, 0.717) is 13.2 Å². The fourth-order valence-electron chi connectivity index (χ4n) is 1.29. The fraction of sp³-hybridized carbons (Fsp3) is 0.385. The molecule has 0 bridgehead atoms. The third kappa shape index (κ3) is 6.44. The number of nitrogens with one attached hydrogen (secondary N) is 2. The minimum atomic E-state index is -0.512. The zero-order valence-electron chi connectivity index (χ0n) is 11.5. The quantitative estimate of drug-likeness (QED) is 0.585. The second-order valence-electron chi connectivity index (χ2n) is 3.76. The average Bonchev–Trinajstić information content (AvgIpc) is 2.46. The number of carbonyl (C=O) groups is 2. The average molecular weight is 298 g/mol. The van der Waals surface area contributed by atoms with Gasteiger partial charge in [-0.1, -0.05) is 0 Å². The van der Waals surface area contributed by atoms with Gasteiger partial charge >= 0.3 is 6.03 Å². The maximum absolute atomic E-state index is 11.5. The molecule has 0 saturated heterocycles. The molecule has 0 aliphatic carbocycles. The zero-order chi connectivity index (χ0) is 14.8. The molecule has 0 saturated carbocycles. The van der Waals surface area contributed by atoms with E-state index in [0.717, 1.165) is 10.6 Å². The number of hydrogen-bond donors (Lipinski definition) is 2. The van der Waals surface area contributed by atoms with Gasteiger partial charge < -0.3 is 14.8 Å². The standard InChI is InChI=1S/C13H18N2O4S/c1-18-8-7-14-13(17)15-12(16)9-20-11-5-3-10(19-2)4-6-11/h3-6H,7-9H2,1-2H3,(H2,14,15,16,17). The number of urea groups is 1. The third-order valence-electron chi connectivity index (χ3n) is 2.27. The number of hydrogen-bond acceptors (Lipinski definition) is 5. The monoisotopic (exact) mass is 298 g/mol. The van der Waals surface area contributed by atoms with Gasteiger partial charge in [0.25, 0.3) is 0 Å². The highest BCUT2D eigenvalue weighted by molar-refractivity contribution is 8.00. The van der Waals surface area contributed by atoms with Crippen LogP contribution in [0.25, 0.3) is 0 Å². The Balaban J connectivity index is 2.26. The molecule has 2 N–H and O–H groups in total. The van der Waals surface area contributed by atoms with E-state index in [4.69, 9.17) is 9.47 Å². The highest BCUT2D eigenvalue weighted by Gasteiger charge is 2.07. The minimum absolute atomic E-state index is 0.171. The number of imide groups is 1. The van der Waals surface area contributed by atoms with E-state index in [9.17, 15) is 9.59 Å². The summed E-state index contributed by atoms with van der Waals surface area (Å²) in [5.74, 6) is 0.585. The summed E-state index contributed by atoms with van der Waals surface area (Å²) >= 11 is 1.35. The van der Waals surface area contributed by atoms with Crippen molar-refractivity contribution in [1.29, 1.82) is 0 Å². The minimum Gasteiger partial charge on any atom is -0.497 e.